The molecule has 30 heavy (non-hydrogen) atoms. The molecule has 1 aliphatic carbocycles. The second-order valence-corrected chi connectivity index (χ2v) is 9.18. The van der Waals surface area contributed by atoms with Crippen molar-refractivity contribution in [3.05, 3.63) is 64.7 Å². The zero-order valence-corrected chi connectivity index (χ0v) is 17.7. The summed E-state index contributed by atoms with van der Waals surface area (Å²) in [5.41, 5.74) is 4.65. The van der Waals surface area contributed by atoms with E-state index >= 15 is 0 Å². The Bertz CT molecular complexity index is 925. The maximum absolute atomic E-state index is 12.4. The zero-order valence-electron chi connectivity index (χ0n) is 17.7. The molecule has 3 aliphatic rings. The van der Waals surface area contributed by atoms with Crippen molar-refractivity contribution in [2.75, 3.05) is 19.6 Å². The molecule has 4 heteroatoms. The highest BCUT2D eigenvalue weighted by atomic mass is 16.3. The summed E-state index contributed by atoms with van der Waals surface area (Å²) < 4.78 is 0. The SMILES string of the molecule is O=C1c2ccccc2CN1CCCCCCN1CCC2c3cccc(O)c3CCC21. The van der Waals surface area contributed by atoms with Crippen LogP contribution in [0.4, 0.5) is 0 Å². The van der Waals surface area contributed by atoms with Gasteiger partial charge >= 0.3 is 0 Å². The summed E-state index contributed by atoms with van der Waals surface area (Å²) in [6.07, 6.45) is 8.17. The third-order valence-electron chi connectivity index (χ3n) is 7.46. The van der Waals surface area contributed by atoms with Crippen LogP contribution in [0.1, 0.15) is 71.5 Å². The topological polar surface area (TPSA) is 43.8 Å². The van der Waals surface area contributed by atoms with Gasteiger partial charge < -0.3 is 10.0 Å². The molecule has 2 unspecified atom stereocenters. The molecule has 1 N–H and O–H groups in total. The highest BCUT2D eigenvalue weighted by Gasteiger charge is 2.38. The molecule has 0 saturated carbocycles. The molecule has 1 fully saturated rings. The van der Waals surface area contributed by atoms with Crippen molar-refractivity contribution in [2.45, 2.75) is 63.5 Å². The van der Waals surface area contributed by atoms with Gasteiger partial charge in [0.1, 0.15) is 5.75 Å². The van der Waals surface area contributed by atoms with Crippen molar-refractivity contribution in [2.24, 2.45) is 0 Å². The number of benzene rings is 2. The number of hydrogen-bond acceptors (Lipinski definition) is 3. The number of rotatable bonds is 7. The van der Waals surface area contributed by atoms with Gasteiger partial charge in [0, 0.05) is 30.6 Å². The van der Waals surface area contributed by atoms with Crippen LogP contribution in [-0.2, 0) is 13.0 Å². The molecule has 2 aromatic rings. The van der Waals surface area contributed by atoms with Gasteiger partial charge in [-0.25, -0.2) is 0 Å². The van der Waals surface area contributed by atoms with Gasteiger partial charge in [0.15, 0.2) is 0 Å². The number of hydrogen-bond donors (Lipinski definition) is 1. The fraction of sp³-hybridized carbons (Fsp3) is 0.500. The van der Waals surface area contributed by atoms with E-state index in [1.165, 1.54) is 61.9 Å². The number of fused-ring (bicyclic) bond motifs is 4. The molecular weight excluding hydrogens is 372 g/mol. The number of amides is 1. The normalized spacial score (nSPS) is 22.8. The molecule has 5 rings (SSSR count). The van der Waals surface area contributed by atoms with E-state index in [9.17, 15) is 9.90 Å². The van der Waals surface area contributed by atoms with E-state index in [1.54, 1.807) is 0 Å². The lowest BCUT2D eigenvalue weighted by Gasteiger charge is -2.33. The molecule has 1 saturated heterocycles. The summed E-state index contributed by atoms with van der Waals surface area (Å²) in [6, 6.07) is 14.7. The minimum atomic E-state index is 0.206. The first-order valence-corrected chi connectivity index (χ1v) is 11.6. The highest BCUT2D eigenvalue weighted by molar-refractivity contribution is 5.98. The van der Waals surface area contributed by atoms with Crippen molar-refractivity contribution >= 4 is 5.91 Å². The first-order chi connectivity index (χ1) is 14.7. The Morgan fingerprint density at radius 3 is 2.63 bits per heavy atom. The third-order valence-corrected chi connectivity index (χ3v) is 7.46. The van der Waals surface area contributed by atoms with Crippen LogP contribution >= 0.6 is 0 Å². The fourth-order valence-electron chi connectivity index (χ4n) is 5.91. The number of phenolic OH excluding ortho intramolecular Hbond substituents is 1. The second kappa shape index (κ2) is 8.43. The van der Waals surface area contributed by atoms with Gasteiger partial charge in [-0.1, -0.05) is 43.2 Å². The summed E-state index contributed by atoms with van der Waals surface area (Å²) in [6.45, 7) is 4.03. The van der Waals surface area contributed by atoms with Crippen LogP contribution in [0.15, 0.2) is 42.5 Å². The van der Waals surface area contributed by atoms with Crippen LogP contribution in [0, 0.1) is 0 Å². The lowest BCUT2D eigenvalue weighted by molar-refractivity contribution is 0.0775. The molecule has 2 aromatic carbocycles. The number of phenols is 1. The number of nitrogens with zero attached hydrogens (tertiary/aromatic N) is 2. The molecule has 0 aromatic heterocycles. The number of carbonyl (C=O) groups is 1. The summed E-state index contributed by atoms with van der Waals surface area (Å²) in [5, 5.41) is 10.2. The predicted molar refractivity (Wildman–Crippen MR) is 119 cm³/mol. The predicted octanol–water partition coefficient (Wildman–Crippen LogP) is 4.71. The standard InChI is InChI=1S/C26H32N2O2/c29-25-11-7-10-21-22-14-17-27(24(22)13-12-23(21)25)15-5-1-2-6-16-28-18-19-8-3-4-9-20(19)26(28)30/h3-4,7-11,22,24,29H,1-2,5-6,12-18H2. The zero-order chi connectivity index (χ0) is 20.5. The summed E-state index contributed by atoms with van der Waals surface area (Å²) >= 11 is 0. The minimum absolute atomic E-state index is 0.206. The lowest BCUT2D eigenvalue weighted by atomic mass is 9.79. The number of likely N-dealkylation sites (tertiary alicyclic amines) is 1. The lowest BCUT2D eigenvalue weighted by Crippen LogP contribution is -2.35. The number of carbonyl (C=O) groups excluding carboxylic acids is 1. The molecule has 158 valence electrons. The maximum atomic E-state index is 12.4. The van der Waals surface area contributed by atoms with Crippen LogP contribution in [0.2, 0.25) is 0 Å². The van der Waals surface area contributed by atoms with E-state index in [0.717, 1.165) is 31.5 Å². The van der Waals surface area contributed by atoms with Gasteiger partial charge in [-0.3, -0.25) is 9.69 Å². The third kappa shape index (κ3) is 3.62. The van der Waals surface area contributed by atoms with Crippen molar-refractivity contribution in [1.29, 1.82) is 0 Å². The van der Waals surface area contributed by atoms with Crippen molar-refractivity contribution in [3.8, 4) is 5.75 Å². The maximum Gasteiger partial charge on any atom is 0.254 e. The van der Waals surface area contributed by atoms with Crippen LogP contribution in [0.5, 0.6) is 5.75 Å². The molecule has 4 nitrogen and oxygen atoms in total. The van der Waals surface area contributed by atoms with Gasteiger partial charge in [0.05, 0.1) is 0 Å². The van der Waals surface area contributed by atoms with E-state index in [-0.39, 0.29) is 5.91 Å². The van der Waals surface area contributed by atoms with Crippen LogP contribution in [-0.4, -0.2) is 46.5 Å². The Balaban J connectivity index is 1.04. The molecule has 0 bridgehead atoms. The van der Waals surface area contributed by atoms with Crippen LogP contribution in [0.25, 0.3) is 0 Å². The Morgan fingerprint density at radius 1 is 0.933 bits per heavy atom. The van der Waals surface area contributed by atoms with Crippen molar-refractivity contribution < 1.29 is 9.90 Å². The second-order valence-electron chi connectivity index (χ2n) is 9.18. The van der Waals surface area contributed by atoms with Crippen LogP contribution in [0.3, 0.4) is 0 Å². The quantitative estimate of drug-likeness (QED) is 0.680. The van der Waals surface area contributed by atoms with Gasteiger partial charge in [0.25, 0.3) is 5.91 Å². The first-order valence-electron chi connectivity index (χ1n) is 11.6. The smallest absolute Gasteiger partial charge is 0.254 e. The molecule has 2 heterocycles. The highest BCUT2D eigenvalue weighted by Crippen LogP contribution is 2.43. The average Bonchev–Trinajstić information content (AvgIpc) is 3.32. The summed E-state index contributed by atoms with van der Waals surface area (Å²) in [5.74, 6) is 1.30. The fourth-order valence-corrected chi connectivity index (χ4v) is 5.91. The van der Waals surface area contributed by atoms with Crippen LogP contribution < -0.4 is 0 Å². The molecule has 0 radical (unpaired) electrons. The molecule has 2 aliphatic heterocycles. The van der Waals surface area contributed by atoms with E-state index in [0.29, 0.717) is 17.7 Å². The van der Waals surface area contributed by atoms with E-state index in [1.807, 2.05) is 35.2 Å². The summed E-state index contributed by atoms with van der Waals surface area (Å²) in [4.78, 5) is 17.1. The number of unbranched alkanes of at least 4 members (excludes halogenated alkanes) is 3. The monoisotopic (exact) mass is 404 g/mol. The van der Waals surface area contributed by atoms with E-state index in [4.69, 9.17) is 0 Å². The number of aromatic hydroxyl groups is 1. The summed E-state index contributed by atoms with van der Waals surface area (Å²) in [7, 11) is 0. The van der Waals surface area contributed by atoms with Gasteiger partial charge in [-0.15, -0.1) is 0 Å². The van der Waals surface area contributed by atoms with Gasteiger partial charge in [0.2, 0.25) is 0 Å². The Morgan fingerprint density at radius 2 is 1.77 bits per heavy atom. The molecular formula is C26H32N2O2. The van der Waals surface area contributed by atoms with E-state index < -0.39 is 0 Å². The van der Waals surface area contributed by atoms with E-state index in [2.05, 4.69) is 17.0 Å². The average molecular weight is 405 g/mol. The van der Waals surface area contributed by atoms with Gasteiger partial charge in [-0.05, 0) is 74.0 Å². The van der Waals surface area contributed by atoms with Gasteiger partial charge in [-0.2, -0.15) is 0 Å². The first kappa shape index (κ1) is 19.6. The molecule has 1 amide bonds. The van der Waals surface area contributed by atoms with Crippen molar-refractivity contribution in [1.82, 2.24) is 9.80 Å². The molecule has 2 atom stereocenters. The Kier molecular flexibility index (Phi) is 5.51. The largest absolute Gasteiger partial charge is 0.508 e. The molecule has 0 spiro atoms. The van der Waals surface area contributed by atoms with Crippen molar-refractivity contribution in [3.63, 3.8) is 0 Å². The Hall–Kier alpha value is -2.33. The Labute approximate surface area is 179 Å². The minimum Gasteiger partial charge on any atom is -0.508 e.